The van der Waals surface area contributed by atoms with Crippen LogP contribution >= 0.6 is 0 Å². The van der Waals surface area contributed by atoms with Crippen LogP contribution in [0.15, 0.2) is 60.7 Å². The van der Waals surface area contributed by atoms with E-state index < -0.39 is 4.92 Å². The number of pyridine rings is 1. The number of nitrogens with zero attached hydrogens (tertiary/aromatic N) is 3. The van der Waals surface area contributed by atoms with Crippen LogP contribution < -0.4 is 10.2 Å². The van der Waals surface area contributed by atoms with Crippen molar-refractivity contribution in [2.75, 3.05) is 18.0 Å². The molecule has 1 saturated heterocycles. The summed E-state index contributed by atoms with van der Waals surface area (Å²) in [6.45, 7) is 1.48. The maximum atomic E-state index is 12.3. The first-order valence-corrected chi connectivity index (χ1v) is 8.76. The lowest BCUT2D eigenvalue weighted by Crippen LogP contribution is -2.37. The summed E-state index contributed by atoms with van der Waals surface area (Å²) < 4.78 is 0. The third-order valence-electron chi connectivity index (χ3n) is 4.75. The molecule has 136 valence electrons. The molecular weight excluding hydrogens is 344 g/mol. The quantitative estimate of drug-likeness (QED) is 0.569. The van der Waals surface area contributed by atoms with E-state index in [1.165, 1.54) is 12.1 Å². The summed E-state index contributed by atoms with van der Waals surface area (Å²) in [6, 6.07) is 17.6. The Morgan fingerprint density at radius 1 is 1.15 bits per heavy atom. The first-order chi connectivity index (χ1) is 13.1. The Bertz CT molecular complexity index is 1010. The number of fused-ring (bicyclic) bond motifs is 1. The Morgan fingerprint density at radius 2 is 1.96 bits per heavy atom. The molecule has 0 aliphatic carbocycles. The van der Waals surface area contributed by atoms with Crippen LogP contribution in [0.1, 0.15) is 16.8 Å². The van der Waals surface area contributed by atoms with Gasteiger partial charge in [0.2, 0.25) is 0 Å². The fourth-order valence-corrected chi connectivity index (χ4v) is 3.34. The molecule has 2 heterocycles. The highest BCUT2D eigenvalue weighted by Gasteiger charge is 2.25. The molecule has 1 N–H and O–H groups in total. The van der Waals surface area contributed by atoms with Gasteiger partial charge in [0.1, 0.15) is 5.82 Å². The van der Waals surface area contributed by atoms with Gasteiger partial charge in [0.15, 0.2) is 0 Å². The number of carbonyl (C=O) groups excluding carboxylic acids is 1. The van der Waals surface area contributed by atoms with E-state index in [1.54, 1.807) is 18.2 Å². The minimum atomic E-state index is -0.409. The number of non-ortho nitro benzene ring substituents is 1. The summed E-state index contributed by atoms with van der Waals surface area (Å²) in [6.07, 6.45) is 0.846. The number of hydrogen-bond donors (Lipinski definition) is 1. The first-order valence-electron chi connectivity index (χ1n) is 8.76. The maximum absolute atomic E-state index is 12.3. The predicted octanol–water partition coefficient (Wildman–Crippen LogP) is 3.15. The number of anilines is 1. The zero-order valence-electron chi connectivity index (χ0n) is 14.5. The van der Waals surface area contributed by atoms with Gasteiger partial charge < -0.3 is 10.2 Å². The van der Waals surface area contributed by atoms with Gasteiger partial charge in [-0.25, -0.2) is 4.98 Å². The molecule has 3 aromatic rings. The van der Waals surface area contributed by atoms with Crippen molar-refractivity contribution in [1.82, 2.24) is 10.3 Å². The lowest BCUT2D eigenvalue weighted by Gasteiger charge is -2.18. The van der Waals surface area contributed by atoms with Crippen LogP contribution in [0.2, 0.25) is 0 Å². The zero-order chi connectivity index (χ0) is 18.8. The fraction of sp³-hybridized carbons (Fsp3) is 0.200. The summed E-state index contributed by atoms with van der Waals surface area (Å²) in [5.41, 5.74) is 1.43. The number of aromatic nitrogens is 1. The first kappa shape index (κ1) is 17.0. The molecule has 27 heavy (non-hydrogen) atoms. The van der Waals surface area contributed by atoms with E-state index in [0.717, 1.165) is 29.7 Å². The minimum absolute atomic E-state index is 0.0573. The van der Waals surface area contributed by atoms with E-state index >= 15 is 0 Å². The van der Waals surface area contributed by atoms with Crippen molar-refractivity contribution in [3.63, 3.8) is 0 Å². The van der Waals surface area contributed by atoms with E-state index in [9.17, 15) is 14.9 Å². The van der Waals surface area contributed by atoms with Crippen LogP contribution in [0.5, 0.6) is 0 Å². The van der Waals surface area contributed by atoms with E-state index in [0.29, 0.717) is 12.1 Å². The van der Waals surface area contributed by atoms with Gasteiger partial charge in [-0.05, 0) is 36.8 Å². The standard InChI is InChI=1S/C20H18N4O3/c25-20(14-4-2-1-3-5-14)21-16-10-11-23(13-16)19-9-6-15-12-17(24(26)27)7-8-18(15)22-19/h1-9,12,16H,10-11,13H2,(H,21,25)/t16-/m1/s1. The lowest BCUT2D eigenvalue weighted by atomic mass is 10.2. The average molecular weight is 362 g/mol. The molecule has 0 saturated carbocycles. The molecule has 7 nitrogen and oxygen atoms in total. The summed E-state index contributed by atoms with van der Waals surface area (Å²) in [5, 5.41) is 14.7. The summed E-state index contributed by atoms with van der Waals surface area (Å²) in [5.74, 6) is 0.744. The van der Waals surface area contributed by atoms with Crippen molar-refractivity contribution >= 4 is 28.3 Å². The largest absolute Gasteiger partial charge is 0.354 e. The van der Waals surface area contributed by atoms with Gasteiger partial charge in [-0.1, -0.05) is 18.2 Å². The predicted molar refractivity (Wildman–Crippen MR) is 103 cm³/mol. The Labute approximate surface area is 155 Å². The fourth-order valence-electron chi connectivity index (χ4n) is 3.34. The van der Waals surface area contributed by atoms with Crippen molar-refractivity contribution in [1.29, 1.82) is 0 Å². The van der Waals surface area contributed by atoms with Gasteiger partial charge in [0.05, 0.1) is 10.4 Å². The summed E-state index contributed by atoms with van der Waals surface area (Å²) in [7, 11) is 0. The van der Waals surface area contributed by atoms with Crippen LogP contribution in [0.3, 0.4) is 0 Å². The second kappa shape index (κ2) is 7.03. The van der Waals surface area contributed by atoms with Gasteiger partial charge in [-0.2, -0.15) is 0 Å². The van der Waals surface area contributed by atoms with Crippen molar-refractivity contribution in [3.8, 4) is 0 Å². The molecule has 1 atom stereocenters. The number of hydrogen-bond acceptors (Lipinski definition) is 5. The van der Waals surface area contributed by atoms with E-state index in [4.69, 9.17) is 0 Å². The van der Waals surface area contributed by atoms with Gasteiger partial charge in [-0.15, -0.1) is 0 Å². The van der Waals surface area contributed by atoms with Gasteiger partial charge in [-0.3, -0.25) is 14.9 Å². The number of nitro groups is 1. The molecule has 1 amide bonds. The topological polar surface area (TPSA) is 88.4 Å². The molecule has 4 rings (SSSR count). The summed E-state index contributed by atoms with van der Waals surface area (Å²) in [4.78, 5) is 29.5. The molecule has 1 aliphatic rings. The number of rotatable bonds is 4. The van der Waals surface area contributed by atoms with Crippen molar-refractivity contribution in [2.45, 2.75) is 12.5 Å². The molecule has 0 bridgehead atoms. The highest BCUT2D eigenvalue weighted by molar-refractivity contribution is 5.94. The second-order valence-electron chi connectivity index (χ2n) is 6.57. The maximum Gasteiger partial charge on any atom is 0.270 e. The number of nitro benzene ring substituents is 1. The van der Waals surface area contributed by atoms with Crippen LogP contribution in [0, 0.1) is 10.1 Å². The number of nitrogens with one attached hydrogen (secondary N) is 1. The molecule has 1 fully saturated rings. The number of benzene rings is 2. The van der Waals surface area contributed by atoms with Crippen molar-refractivity contribution in [3.05, 3.63) is 76.3 Å². The Kier molecular flexibility index (Phi) is 4.42. The molecule has 0 unspecified atom stereocenters. The molecule has 0 spiro atoms. The third-order valence-corrected chi connectivity index (χ3v) is 4.75. The van der Waals surface area contributed by atoms with Gasteiger partial charge >= 0.3 is 0 Å². The van der Waals surface area contributed by atoms with E-state index in [-0.39, 0.29) is 17.6 Å². The smallest absolute Gasteiger partial charge is 0.270 e. The molecule has 2 aromatic carbocycles. The van der Waals surface area contributed by atoms with E-state index in [1.807, 2.05) is 30.3 Å². The van der Waals surface area contributed by atoms with Crippen LogP contribution in [0.25, 0.3) is 10.9 Å². The molecule has 1 aromatic heterocycles. The minimum Gasteiger partial charge on any atom is -0.354 e. The highest BCUT2D eigenvalue weighted by atomic mass is 16.6. The van der Waals surface area contributed by atoms with Crippen molar-refractivity contribution in [2.24, 2.45) is 0 Å². The highest BCUT2D eigenvalue weighted by Crippen LogP contribution is 2.24. The van der Waals surface area contributed by atoms with E-state index in [2.05, 4.69) is 15.2 Å². The van der Waals surface area contributed by atoms with Crippen LogP contribution in [0.4, 0.5) is 11.5 Å². The molecule has 7 heteroatoms. The molecular formula is C20H18N4O3. The van der Waals surface area contributed by atoms with Crippen molar-refractivity contribution < 1.29 is 9.72 Å². The third kappa shape index (κ3) is 3.57. The summed E-state index contributed by atoms with van der Waals surface area (Å²) >= 11 is 0. The number of carbonyl (C=O) groups is 1. The Balaban J connectivity index is 1.46. The zero-order valence-corrected chi connectivity index (χ0v) is 14.5. The lowest BCUT2D eigenvalue weighted by molar-refractivity contribution is -0.384. The van der Waals surface area contributed by atoms with Gasteiger partial charge in [0, 0.05) is 42.2 Å². The normalized spacial score (nSPS) is 16.4. The Hall–Kier alpha value is -3.48. The average Bonchev–Trinajstić information content (AvgIpc) is 3.16. The Morgan fingerprint density at radius 3 is 2.74 bits per heavy atom. The van der Waals surface area contributed by atoms with Gasteiger partial charge in [0.25, 0.3) is 11.6 Å². The van der Waals surface area contributed by atoms with Crippen LogP contribution in [-0.4, -0.2) is 34.9 Å². The molecule has 0 radical (unpaired) electrons. The second-order valence-corrected chi connectivity index (χ2v) is 6.57. The monoisotopic (exact) mass is 362 g/mol. The molecule has 1 aliphatic heterocycles. The number of amides is 1. The SMILES string of the molecule is O=C(N[C@@H]1CCN(c2ccc3cc([N+](=O)[O-])ccc3n2)C1)c1ccccc1. The van der Waals surface area contributed by atoms with Crippen LogP contribution in [-0.2, 0) is 0 Å².